The van der Waals surface area contributed by atoms with Crippen LogP contribution in [0.25, 0.3) is 0 Å². The number of amides is 2. The third-order valence-electron chi connectivity index (χ3n) is 6.12. The molecule has 0 aliphatic carbocycles. The molecule has 1 atom stereocenters. The highest BCUT2D eigenvalue weighted by Gasteiger charge is 2.35. The molecule has 4 rings (SSSR count). The lowest BCUT2D eigenvalue weighted by atomic mass is 10.1. The van der Waals surface area contributed by atoms with E-state index < -0.39 is 28.6 Å². The van der Waals surface area contributed by atoms with Gasteiger partial charge in [-0.25, -0.2) is 8.42 Å². The minimum atomic E-state index is -3.93. The lowest BCUT2D eigenvalue weighted by Gasteiger charge is -2.35. The summed E-state index contributed by atoms with van der Waals surface area (Å²) in [6.45, 7) is 2.28. The number of likely N-dealkylation sites (N-methyl/N-ethyl adjacent to an activating group) is 1. The molecule has 9 nitrogen and oxygen atoms in total. The number of benzene rings is 3. The molecule has 1 aliphatic rings. The van der Waals surface area contributed by atoms with Crippen LogP contribution < -0.4 is 19.7 Å². The third kappa shape index (κ3) is 6.32. The van der Waals surface area contributed by atoms with Crippen LogP contribution in [0.3, 0.4) is 0 Å². The predicted molar refractivity (Wildman–Crippen MR) is 144 cm³/mol. The average Bonchev–Trinajstić information content (AvgIpc) is 2.93. The second-order valence-electron chi connectivity index (χ2n) is 8.77. The second kappa shape index (κ2) is 12.1. The van der Waals surface area contributed by atoms with Crippen LogP contribution in [-0.2, 0) is 26.0 Å². The van der Waals surface area contributed by atoms with E-state index in [9.17, 15) is 18.0 Å². The Morgan fingerprint density at radius 3 is 2.42 bits per heavy atom. The van der Waals surface area contributed by atoms with E-state index in [2.05, 4.69) is 5.32 Å². The zero-order chi connectivity index (χ0) is 27.1. The van der Waals surface area contributed by atoms with Crippen LogP contribution in [0.15, 0.2) is 83.8 Å². The molecule has 0 bridgehead atoms. The molecule has 10 heteroatoms. The maximum absolute atomic E-state index is 13.4. The summed E-state index contributed by atoms with van der Waals surface area (Å²) in [7, 11) is -2.58. The summed E-state index contributed by atoms with van der Waals surface area (Å²) in [5, 5.41) is 2.87. The Labute approximate surface area is 223 Å². The zero-order valence-corrected chi connectivity index (χ0v) is 22.2. The highest BCUT2D eigenvalue weighted by Crippen LogP contribution is 2.33. The van der Waals surface area contributed by atoms with Gasteiger partial charge in [0.25, 0.3) is 5.91 Å². The molecule has 1 heterocycles. The van der Waals surface area contributed by atoms with Crippen molar-refractivity contribution < 1.29 is 27.5 Å². The number of nitrogens with zero attached hydrogens (tertiary/aromatic N) is 2. The number of ether oxygens (including phenoxy) is 2. The van der Waals surface area contributed by atoms with Crippen LogP contribution in [0.1, 0.15) is 12.5 Å². The standard InChI is InChI=1S/C28H31N3O6S/c1-3-36-22-13-15-23(16-14-22)38(34,35)30(2)20-27(32)31-19-26(37-25-12-8-7-11-24(25)31)28(33)29-18-17-21-9-5-4-6-10-21/h4-16,26H,3,17-20H2,1-2H3,(H,29,33)/t26-/m1/s1. The molecule has 1 aliphatic heterocycles. The van der Waals surface area contributed by atoms with Gasteiger partial charge in [0.1, 0.15) is 11.5 Å². The Hall–Kier alpha value is -3.89. The Morgan fingerprint density at radius 2 is 1.71 bits per heavy atom. The molecule has 38 heavy (non-hydrogen) atoms. The van der Waals surface area contributed by atoms with Crippen molar-refractivity contribution in [3.63, 3.8) is 0 Å². The van der Waals surface area contributed by atoms with E-state index in [1.54, 1.807) is 36.4 Å². The molecule has 0 fully saturated rings. The van der Waals surface area contributed by atoms with Crippen LogP contribution in [-0.4, -0.2) is 63.9 Å². The molecular weight excluding hydrogens is 506 g/mol. The first-order valence-electron chi connectivity index (χ1n) is 12.4. The van der Waals surface area contributed by atoms with Crippen LogP contribution in [0.2, 0.25) is 0 Å². The maximum Gasteiger partial charge on any atom is 0.262 e. The number of sulfonamides is 1. The van der Waals surface area contributed by atoms with Gasteiger partial charge >= 0.3 is 0 Å². The molecule has 0 saturated heterocycles. The monoisotopic (exact) mass is 537 g/mol. The van der Waals surface area contributed by atoms with Crippen molar-refractivity contribution in [1.29, 1.82) is 0 Å². The normalized spacial score (nSPS) is 14.9. The first-order valence-corrected chi connectivity index (χ1v) is 13.8. The van der Waals surface area contributed by atoms with Crippen molar-refractivity contribution in [3.8, 4) is 11.5 Å². The smallest absolute Gasteiger partial charge is 0.262 e. The Kier molecular flexibility index (Phi) is 8.65. The number of hydrogen-bond donors (Lipinski definition) is 1. The fourth-order valence-corrected chi connectivity index (χ4v) is 5.23. The second-order valence-corrected chi connectivity index (χ2v) is 10.8. The molecule has 0 radical (unpaired) electrons. The number of hydrogen-bond acceptors (Lipinski definition) is 6. The van der Waals surface area contributed by atoms with E-state index in [1.165, 1.54) is 24.1 Å². The fraction of sp³-hybridized carbons (Fsp3) is 0.286. The summed E-state index contributed by atoms with van der Waals surface area (Å²) >= 11 is 0. The first kappa shape index (κ1) is 27.2. The number of carbonyl (C=O) groups is 2. The van der Waals surface area contributed by atoms with E-state index in [1.807, 2.05) is 37.3 Å². The van der Waals surface area contributed by atoms with Gasteiger partial charge in [-0.1, -0.05) is 42.5 Å². The Morgan fingerprint density at radius 1 is 1.03 bits per heavy atom. The Balaban J connectivity index is 1.44. The summed E-state index contributed by atoms with van der Waals surface area (Å²) in [6, 6.07) is 22.7. The summed E-state index contributed by atoms with van der Waals surface area (Å²) in [4.78, 5) is 27.7. The molecule has 0 saturated carbocycles. The van der Waals surface area contributed by atoms with Gasteiger partial charge in [0.05, 0.1) is 30.3 Å². The molecule has 2 amide bonds. The van der Waals surface area contributed by atoms with Crippen molar-refractivity contribution in [3.05, 3.63) is 84.4 Å². The van der Waals surface area contributed by atoms with Crippen molar-refractivity contribution in [2.45, 2.75) is 24.3 Å². The molecule has 3 aromatic carbocycles. The average molecular weight is 538 g/mol. The molecule has 200 valence electrons. The SMILES string of the molecule is CCOc1ccc(S(=O)(=O)N(C)CC(=O)N2C[C@H](C(=O)NCCc3ccccc3)Oc3ccccc32)cc1. The van der Waals surface area contributed by atoms with Gasteiger partial charge in [-0.3, -0.25) is 9.59 Å². The van der Waals surface area contributed by atoms with E-state index >= 15 is 0 Å². The predicted octanol–water partition coefficient (Wildman–Crippen LogP) is 2.86. The molecule has 0 unspecified atom stereocenters. The number of nitrogens with one attached hydrogen (secondary N) is 1. The highest BCUT2D eigenvalue weighted by molar-refractivity contribution is 7.89. The summed E-state index contributed by atoms with van der Waals surface area (Å²) in [5.74, 6) is 0.124. The number of fused-ring (bicyclic) bond motifs is 1. The number of carbonyl (C=O) groups excluding carboxylic acids is 2. The molecule has 0 spiro atoms. The quantitative estimate of drug-likeness (QED) is 0.427. The maximum atomic E-state index is 13.4. The van der Waals surface area contributed by atoms with Gasteiger partial charge in [0.15, 0.2) is 6.10 Å². The minimum absolute atomic E-state index is 0.0377. The van der Waals surface area contributed by atoms with Crippen molar-refractivity contribution in [2.75, 3.05) is 38.2 Å². The summed E-state index contributed by atoms with van der Waals surface area (Å²) in [5.41, 5.74) is 1.58. The number of anilines is 1. The van der Waals surface area contributed by atoms with Crippen LogP contribution >= 0.6 is 0 Å². The van der Waals surface area contributed by atoms with E-state index in [4.69, 9.17) is 9.47 Å². The lowest BCUT2D eigenvalue weighted by Crippen LogP contribution is -2.52. The van der Waals surface area contributed by atoms with Crippen LogP contribution in [0, 0.1) is 0 Å². The van der Waals surface area contributed by atoms with E-state index in [0.717, 1.165) is 9.87 Å². The molecule has 1 N–H and O–H groups in total. The van der Waals surface area contributed by atoms with Gasteiger partial charge in [-0.05, 0) is 55.3 Å². The van der Waals surface area contributed by atoms with E-state index in [0.29, 0.717) is 36.8 Å². The van der Waals surface area contributed by atoms with Gasteiger partial charge in [0, 0.05) is 13.6 Å². The number of para-hydroxylation sites is 2. The Bertz CT molecular complexity index is 1360. The largest absolute Gasteiger partial charge is 0.494 e. The molecule has 0 aromatic heterocycles. The van der Waals surface area contributed by atoms with Crippen molar-refractivity contribution in [2.24, 2.45) is 0 Å². The molecular formula is C28H31N3O6S. The summed E-state index contributed by atoms with van der Waals surface area (Å²) < 4.78 is 38.5. The zero-order valence-electron chi connectivity index (χ0n) is 21.4. The van der Waals surface area contributed by atoms with Gasteiger partial charge in [-0.15, -0.1) is 0 Å². The van der Waals surface area contributed by atoms with Crippen LogP contribution in [0.5, 0.6) is 11.5 Å². The van der Waals surface area contributed by atoms with E-state index in [-0.39, 0.29) is 17.3 Å². The first-order chi connectivity index (χ1) is 18.3. The third-order valence-corrected chi connectivity index (χ3v) is 7.94. The van der Waals surface area contributed by atoms with Crippen molar-refractivity contribution >= 4 is 27.5 Å². The lowest BCUT2D eigenvalue weighted by molar-refractivity contribution is -0.128. The highest BCUT2D eigenvalue weighted by atomic mass is 32.2. The van der Waals surface area contributed by atoms with Gasteiger partial charge in [-0.2, -0.15) is 4.31 Å². The van der Waals surface area contributed by atoms with Gasteiger partial charge < -0.3 is 19.7 Å². The minimum Gasteiger partial charge on any atom is -0.494 e. The topological polar surface area (TPSA) is 105 Å². The van der Waals surface area contributed by atoms with Crippen LogP contribution in [0.4, 0.5) is 5.69 Å². The molecule has 3 aromatic rings. The summed E-state index contributed by atoms with van der Waals surface area (Å²) in [6.07, 6.45) is -0.273. The van der Waals surface area contributed by atoms with Gasteiger partial charge in [0.2, 0.25) is 15.9 Å². The fourth-order valence-electron chi connectivity index (χ4n) is 4.11. The van der Waals surface area contributed by atoms with Crippen molar-refractivity contribution in [1.82, 2.24) is 9.62 Å². The number of rotatable bonds is 10.